The molecule has 0 aliphatic rings. The normalized spacial score (nSPS) is 8.42. The molecule has 0 aliphatic heterocycles. The molecule has 12 heavy (non-hydrogen) atoms. The first kappa shape index (κ1) is 11.2. The summed E-state index contributed by atoms with van der Waals surface area (Å²) in [5.41, 5.74) is 4.84. The fraction of sp³-hybridized carbons (Fsp3) is 0.444. The van der Waals surface area contributed by atoms with Crippen LogP contribution in [0.3, 0.4) is 0 Å². The van der Waals surface area contributed by atoms with Gasteiger partial charge in [-0.3, -0.25) is 4.79 Å². The van der Waals surface area contributed by atoms with Crippen LogP contribution in [-0.2, 0) is 4.79 Å². The lowest BCUT2D eigenvalue weighted by Crippen LogP contribution is -2.09. The van der Waals surface area contributed by atoms with Crippen molar-refractivity contribution in [2.75, 3.05) is 0 Å². The Bertz CT molecular complexity index is 167. The van der Waals surface area contributed by atoms with E-state index in [1.807, 2.05) is 29.8 Å². The molecule has 2 nitrogen and oxygen atoms in total. The monoisotopic (exact) mass is 185 g/mol. The fourth-order valence-corrected chi connectivity index (χ4v) is 1.03. The van der Waals surface area contributed by atoms with Crippen molar-refractivity contribution in [1.29, 1.82) is 0 Å². The molecule has 1 aromatic heterocycles. The van der Waals surface area contributed by atoms with E-state index in [-0.39, 0.29) is 5.91 Å². The number of carbonyl (C=O) groups excluding carboxylic acids is 1. The Morgan fingerprint density at radius 2 is 2.00 bits per heavy atom. The Morgan fingerprint density at radius 3 is 2.17 bits per heavy atom. The van der Waals surface area contributed by atoms with Crippen LogP contribution in [0.5, 0.6) is 0 Å². The van der Waals surface area contributed by atoms with Crippen LogP contribution in [0.4, 0.5) is 0 Å². The zero-order valence-corrected chi connectivity index (χ0v) is 8.14. The first-order chi connectivity index (χ1) is 5.77. The third-order valence-corrected chi connectivity index (χ3v) is 1.83. The van der Waals surface area contributed by atoms with E-state index >= 15 is 0 Å². The first-order valence-corrected chi connectivity index (χ1v) is 4.97. The van der Waals surface area contributed by atoms with Crippen LogP contribution >= 0.6 is 11.3 Å². The number of primary amides is 1. The van der Waals surface area contributed by atoms with Gasteiger partial charge in [0.2, 0.25) is 5.91 Å². The van der Waals surface area contributed by atoms with Gasteiger partial charge >= 0.3 is 0 Å². The molecule has 0 fully saturated rings. The highest BCUT2D eigenvalue weighted by Gasteiger charge is 1.88. The van der Waals surface area contributed by atoms with Gasteiger partial charge in [0.05, 0.1) is 0 Å². The van der Waals surface area contributed by atoms with Gasteiger partial charge in [0.1, 0.15) is 0 Å². The maximum Gasteiger partial charge on any atom is 0.217 e. The number of hydrogen-bond donors (Lipinski definition) is 1. The molecule has 0 spiro atoms. The molecule has 1 aromatic rings. The molecule has 68 valence electrons. The van der Waals surface area contributed by atoms with Crippen LogP contribution in [-0.4, -0.2) is 5.91 Å². The van der Waals surface area contributed by atoms with Crippen LogP contribution in [0, 0.1) is 0 Å². The van der Waals surface area contributed by atoms with E-state index in [0.29, 0.717) is 6.42 Å². The lowest BCUT2D eigenvalue weighted by molar-refractivity contribution is -0.118. The smallest absolute Gasteiger partial charge is 0.217 e. The van der Waals surface area contributed by atoms with Crippen LogP contribution < -0.4 is 5.73 Å². The number of carbonyl (C=O) groups is 1. The van der Waals surface area contributed by atoms with Gasteiger partial charge < -0.3 is 5.73 Å². The second-order valence-corrected chi connectivity index (χ2v) is 3.18. The molecule has 1 rings (SSSR count). The Hall–Kier alpha value is -0.830. The highest BCUT2D eigenvalue weighted by atomic mass is 32.1. The Kier molecular flexibility index (Phi) is 7.70. The highest BCUT2D eigenvalue weighted by Crippen LogP contribution is 1.91. The number of nitrogens with two attached hydrogens (primary N) is 1. The van der Waals surface area contributed by atoms with Gasteiger partial charge in [0.25, 0.3) is 0 Å². The van der Waals surface area contributed by atoms with Gasteiger partial charge in [0, 0.05) is 6.42 Å². The molecule has 0 atom stereocenters. The van der Waals surface area contributed by atoms with Crippen molar-refractivity contribution < 1.29 is 4.79 Å². The van der Waals surface area contributed by atoms with Gasteiger partial charge in [0.15, 0.2) is 0 Å². The summed E-state index contributed by atoms with van der Waals surface area (Å²) in [6.07, 6.45) is 2.51. The predicted molar refractivity (Wildman–Crippen MR) is 53.0 cm³/mol. The molecular weight excluding hydrogens is 170 g/mol. The van der Waals surface area contributed by atoms with Crippen molar-refractivity contribution >= 4 is 17.2 Å². The van der Waals surface area contributed by atoms with Crippen molar-refractivity contribution in [3.8, 4) is 0 Å². The molecule has 0 saturated heterocycles. The SMILES string of the molecule is CCCCC(N)=O.c1ccsc1. The summed E-state index contributed by atoms with van der Waals surface area (Å²) in [5, 5.41) is 4.08. The van der Waals surface area contributed by atoms with Crippen molar-refractivity contribution in [1.82, 2.24) is 0 Å². The molecule has 0 aromatic carbocycles. The van der Waals surface area contributed by atoms with E-state index in [0.717, 1.165) is 12.8 Å². The zero-order chi connectivity index (χ0) is 9.23. The largest absolute Gasteiger partial charge is 0.370 e. The van der Waals surface area contributed by atoms with Crippen molar-refractivity contribution in [3.05, 3.63) is 22.9 Å². The van der Waals surface area contributed by atoms with Crippen molar-refractivity contribution in [2.45, 2.75) is 26.2 Å². The van der Waals surface area contributed by atoms with Gasteiger partial charge in [-0.2, -0.15) is 11.3 Å². The molecular formula is C9H15NOS. The van der Waals surface area contributed by atoms with Crippen LogP contribution in [0.15, 0.2) is 22.9 Å². The molecule has 0 aliphatic carbocycles. The molecule has 3 heteroatoms. The van der Waals surface area contributed by atoms with E-state index in [9.17, 15) is 4.79 Å². The molecule has 0 saturated carbocycles. The Labute approximate surface area is 77.4 Å². The van der Waals surface area contributed by atoms with Crippen molar-refractivity contribution in [3.63, 3.8) is 0 Å². The predicted octanol–water partition coefficient (Wildman–Crippen LogP) is 2.41. The lowest BCUT2D eigenvalue weighted by Gasteiger charge is -1.86. The van der Waals surface area contributed by atoms with E-state index in [1.54, 1.807) is 11.3 Å². The van der Waals surface area contributed by atoms with E-state index in [1.165, 1.54) is 0 Å². The summed E-state index contributed by atoms with van der Waals surface area (Å²) in [4.78, 5) is 9.98. The van der Waals surface area contributed by atoms with Gasteiger partial charge in [-0.25, -0.2) is 0 Å². The summed E-state index contributed by atoms with van der Waals surface area (Å²) in [6, 6.07) is 4.04. The van der Waals surface area contributed by atoms with Crippen molar-refractivity contribution in [2.24, 2.45) is 5.73 Å². The van der Waals surface area contributed by atoms with Gasteiger partial charge in [-0.05, 0) is 17.2 Å². The first-order valence-electron chi connectivity index (χ1n) is 4.02. The summed E-state index contributed by atoms with van der Waals surface area (Å²) in [7, 11) is 0. The fourth-order valence-electron chi connectivity index (χ4n) is 0.578. The quantitative estimate of drug-likeness (QED) is 0.772. The number of rotatable bonds is 3. The molecule has 0 radical (unpaired) electrons. The number of hydrogen-bond acceptors (Lipinski definition) is 2. The van der Waals surface area contributed by atoms with Crippen LogP contribution in [0.1, 0.15) is 26.2 Å². The minimum atomic E-state index is -0.193. The third-order valence-electron chi connectivity index (χ3n) is 1.20. The number of thiophene rings is 1. The Balaban J connectivity index is 0.000000211. The average Bonchev–Trinajstić information content (AvgIpc) is 2.57. The highest BCUT2D eigenvalue weighted by molar-refractivity contribution is 7.07. The maximum atomic E-state index is 9.98. The number of amides is 1. The molecule has 0 unspecified atom stereocenters. The standard InChI is InChI=1S/C5H11NO.C4H4S/c1-2-3-4-5(6)7;1-2-4-5-3-1/h2-4H2,1H3,(H2,6,7);1-4H. The summed E-state index contributed by atoms with van der Waals surface area (Å²) in [5.74, 6) is -0.193. The molecule has 1 amide bonds. The second-order valence-electron chi connectivity index (χ2n) is 2.36. The minimum absolute atomic E-state index is 0.193. The summed E-state index contributed by atoms with van der Waals surface area (Å²) in [6.45, 7) is 2.03. The van der Waals surface area contributed by atoms with Gasteiger partial charge in [-0.1, -0.05) is 25.5 Å². The number of unbranched alkanes of at least 4 members (excludes halogenated alkanes) is 1. The molecule has 0 bridgehead atoms. The zero-order valence-electron chi connectivity index (χ0n) is 7.32. The van der Waals surface area contributed by atoms with Gasteiger partial charge in [-0.15, -0.1) is 0 Å². The molecule has 2 N–H and O–H groups in total. The lowest BCUT2D eigenvalue weighted by atomic mass is 10.2. The van der Waals surface area contributed by atoms with Crippen LogP contribution in [0.25, 0.3) is 0 Å². The maximum absolute atomic E-state index is 9.98. The molecule has 1 heterocycles. The van der Waals surface area contributed by atoms with E-state index in [4.69, 9.17) is 5.73 Å². The third kappa shape index (κ3) is 9.17. The van der Waals surface area contributed by atoms with E-state index in [2.05, 4.69) is 0 Å². The van der Waals surface area contributed by atoms with Crippen LogP contribution in [0.2, 0.25) is 0 Å². The topological polar surface area (TPSA) is 43.1 Å². The Morgan fingerprint density at radius 1 is 1.42 bits per heavy atom. The average molecular weight is 185 g/mol. The minimum Gasteiger partial charge on any atom is -0.370 e. The second kappa shape index (κ2) is 8.27. The summed E-state index contributed by atoms with van der Waals surface area (Å²) >= 11 is 1.71. The summed E-state index contributed by atoms with van der Waals surface area (Å²) < 4.78 is 0. The van der Waals surface area contributed by atoms with E-state index < -0.39 is 0 Å².